The third-order valence-corrected chi connectivity index (χ3v) is 2.85. The van der Waals surface area contributed by atoms with Gasteiger partial charge in [-0.05, 0) is 46.1 Å². The molecule has 0 spiro atoms. The molecule has 1 atom stereocenters. The van der Waals surface area contributed by atoms with E-state index < -0.39 is 0 Å². The minimum Gasteiger partial charge on any atom is -0.363 e. The van der Waals surface area contributed by atoms with Gasteiger partial charge in [0.1, 0.15) is 5.82 Å². The molecule has 1 heterocycles. The molecule has 20 heavy (non-hydrogen) atoms. The number of aromatic nitrogens is 1. The SMILES string of the molecule is C[C@@H](CCN(C)C)NC(=O)Nc1ccc(N(C)C)nc1. The van der Waals surface area contributed by atoms with E-state index in [2.05, 4.69) is 20.5 Å². The second-order valence-corrected chi connectivity index (χ2v) is 5.39. The number of nitrogens with one attached hydrogen (secondary N) is 2. The minimum atomic E-state index is -0.198. The van der Waals surface area contributed by atoms with Gasteiger partial charge in [-0.1, -0.05) is 0 Å². The first-order chi connectivity index (χ1) is 9.38. The summed E-state index contributed by atoms with van der Waals surface area (Å²) in [6, 6.07) is 3.64. The first kappa shape index (κ1) is 16.2. The second-order valence-electron chi connectivity index (χ2n) is 5.39. The molecule has 0 bridgehead atoms. The molecule has 0 fully saturated rings. The Hall–Kier alpha value is -1.82. The third-order valence-electron chi connectivity index (χ3n) is 2.85. The van der Waals surface area contributed by atoms with Gasteiger partial charge in [0.05, 0.1) is 11.9 Å². The van der Waals surface area contributed by atoms with Crippen LogP contribution in [0.4, 0.5) is 16.3 Å². The lowest BCUT2D eigenvalue weighted by molar-refractivity contribution is 0.247. The molecule has 1 aromatic heterocycles. The highest BCUT2D eigenvalue weighted by Crippen LogP contribution is 2.11. The summed E-state index contributed by atoms with van der Waals surface area (Å²) in [4.78, 5) is 20.1. The van der Waals surface area contributed by atoms with E-state index in [-0.39, 0.29) is 12.1 Å². The van der Waals surface area contributed by atoms with Crippen molar-refractivity contribution in [3.8, 4) is 0 Å². The molecule has 1 rings (SSSR count). The highest BCUT2D eigenvalue weighted by Gasteiger charge is 2.08. The molecule has 2 N–H and O–H groups in total. The first-order valence-electron chi connectivity index (χ1n) is 6.74. The number of anilines is 2. The van der Waals surface area contributed by atoms with Crippen LogP contribution in [0.2, 0.25) is 0 Å². The van der Waals surface area contributed by atoms with Crippen LogP contribution < -0.4 is 15.5 Å². The molecule has 0 aliphatic carbocycles. The van der Waals surface area contributed by atoms with Crippen LogP contribution in [0.15, 0.2) is 18.3 Å². The Balaban J connectivity index is 2.41. The zero-order valence-electron chi connectivity index (χ0n) is 13.0. The van der Waals surface area contributed by atoms with E-state index in [1.54, 1.807) is 6.20 Å². The van der Waals surface area contributed by atoms with Crippen molar-refractivity contribution < 1.29 is 4.79 Å². The van der Waals surface area contributed by atoms with E-state index in [0.29, 0.717) is 5.69 Å². The van der Waals surface area contributed by atoms with E-state index in [9.17, 15) is 4.79 Å². The van der Waals surface area contributed by atoms with E-state index in [1.165, 1.54) is 0 Å². The number of carbonyl (C=O) groups excluding carboxylic acids is 1. The lowest BCUT2D eigenvalue weighted by Gasteiger charge is -2.17. The summed E-state index contributed by atoms with van der Waals surface area (Å²) in [7, 11) is 7.89. The molecule has 1 aromatic rings. The number of hydrogen-bond donors (Lipinski definition) is 2. The zero-order chi connectivity index (χ0) is 15.1. The minimum absolute atomic E-state index is 0.131. The van der Waals surface area contributed by atoms with Crippen LogP contribution in [0.25, 0.3) is 0 Å². The Kier molecular flexibility index (Phi) is 6.24. The smallest absolute Gasteiger partial charge is 0.319 e. The molecule has 0 saturated heterocycles. The van der Waals surface area contributed by atoms with Crippen LogP contribution in [0, 0.1) is 0 Å². The topological polar surface area (TPSA) is 60.5 Å². The van der Waals surface area contributed by atoms with Crippen molar-refractivity contribution in [2.24, 2.45) is 0 Å². The molecule has 0 aliphatic heterocycles. The molecule has 0 unspecified atom stereocenters. The van der Waals surface area contributed by atoms with Gasteiger partial charge in [0.25, 0.3) is 0 Å². The van der Waals surface area contributed by atoms with Gasteiger partial charge in [-0.15, -0.1) is 0 Å². The predicted octanol–water partition coefficient (Wildman–Crippen LogP) is 1.61. The summed E-state index contributed by atoms with van der Waals surface area (Å²) < 4.78 is 0. The van der Waals surface area contributed by atoms with E-state index in [0.717, 1.165) is 18.8 Å². The summed E-state index contributed by atoms with van der Waals surface area (Å²) in [5.41, 5.74) is 0.688. The first-order valence-corrected chi connectivity index (χ1v) is 6.74. The van der Waals surface area contributed by atoms with Gasteiger partial charge in [0.2, 0.25) is 0 Å². The van der Waals surface area contributed by atoms with Crippen LogP contribution in [-0.4, -0.2) is 56.7 Å². The van der Waals surface area contributed by atoms with E-state index >= 15 is 0 Å². The molecule has 0 radical (unpaired) electrons. The van der Waals surface area contributed by atoms with Crippen molar-refractivity contribution in [1.82, 2.24) is 15.2 Å². The van der Waals surface area contributed by atoms with Crippen molar-refractivity contribution in [1.29, 1.82) is 0 Å². The molecule has 6 nitrogen and oxygen atoms in total. The van der Waals surface area contributed by atoms with Crippen LogP contribution in [0.5, 0.6) is 0 Å². The predicted molar refractivity (Wildman–Crippen MR) is 83.4 cm³/mol. The summed E-state index contributed by atoms with van der Waals surface area (Å²) in [6.45, 7) is 2.94. The Morgan fingerprint density at radius 3 is 2.50 bits per heavy atom. The number of pyridine rings is 1. The van der Waals surface area contributed by atoms with Crippen molar-refractivity contribution in [2.75, 3.05) is 45.0 Å². The van der Waals surface area contributed by atoms with Gasteiger partial charge < -0.3 is 20.4 Å². The lowest BCUT2D eigenvalue weighted by Crippen LogP contribution is -2.37. The molecular weight excluding hydrogens is 254 g/mol. The van der Waals surface area contributed by atoms with E-state index in [1.807, 2.05) is 52.1 Å². The largest absolute Gasteiger partial charge is 0.363 e. The fourth-order valence-electron chi connectivity index (χ4n) is 1.64. The number of nitrogens with zero attached hydrogens (tertiary/aromatic N) is 3. The summed E-state index contributed by atoms with van der Waals surface area (Å²) in [5, 5.41) is 5.69. The summed E-state index contributed by atoms with van der Waals surface area (Å²) in [6.07, 6.45) is 2.57. The Bertz CT molecular complexity index is 416. The van der Waals surface area contributed by atoms with Crippen LogP contribution >= 0.6 is 0 Å². The molecular formula is C14H25N5O. The van der Waals surface area contributed by atoms with Gasteiger partial charge >= 0.3 is 6.03 Å². The number of hydrogen-bond acceptors (Lipinski definition) is 4. The standard InChI is InChI=1S/C14H25N5O/c1-11(8-9-18(2)3)16-14(20)17-12-6-7-13(15-10-12)19(4)5/h6-7,10-11H,8-9H2,1-5H3,(H2,16,17,20)/t11-/m0/s1. The second kappa shape index (κ2) is 7.69. The zero-order valence-corrected chi connectivity index (χ0v) is 13.0. The Morgan fingerprint density at radius 1 is 1.30 bits per heavy atom. The van der Waals surface area contributed by atoms with Gasteiger partial charge in [0, 0.05) is 20.1 Å². The molecule has 0 aliphatic rings. The van der Waals surface area contributed by atoms with Gasteiger partial charge in [-0.25, -0.2) is 9.78 Å². The molecule has 6 heteroatoms. The maximum absolute atomic E-state index is 11.8. The average Bonchev–Trinajstić information content (AvgIpc) is 2.36. The summed E-state index contributed by atoms with van der Waals surface area (Å²) >= 11 is 0. The maximum atomic E-state index is 11.8. The van der Waals surface area contributed by atoms with Gasteiger partial charge in [0.15, 0.2) is 0 Å². The van der Waals surface area contributed by atoms with Gasteiger partial charge in [-0.2, -0.15) is 0 Å². The van der Waals surface area contributed by atoms with E-state index in [4.69, 9.17) is 0 Å². The quantitative estimate of drug-likeness (QED) is 0.830. The van der Waals surface area contributed by atoms with Crippen LogP contribution in [-0.2, 0) is 0 Å². The van der Waals surface area contributed by atoms with Crippen molar-refractivity contribution in [3.63, 3.8) is 0 Å². The maximum Gasteiger partial charge on any atom is 0.319 e. The highest BCUT2D eigenvalue weighted by molar-refractivity contribution is 5.89. The highest BCUT2D eigenvalue weighted by atomic mass is 16.2. The average molecular weight is 279 g/mol. The van der Waals surface area contributed by atoms with Crippen molar-refractivity contribution in [3.05, 3.63) is 18.3 Å². The Morgan fingerprint density at radius 2 is 2.00 bits per heavy atom. The van der Waals surface area contributed by atoms with Crippen molar-refractivity contribution in [2.45, 2.75) is 19.4 Å². The fourth-order valence-corrected chi connectivity index (χ4v) is 1.64. The molecule has 2 amide bonds. The number of urea groups is 1. The van der Waals surface area contributed by atoms with Crippen LogP contribution in [0.3, 0.4) is 0 Å². The number of carbonyl (C=O) groups is 1. The monoisotopic (exact) mass is 279 g/mol. The fraction of sp³-hybridized carbons (Fsp3) is 0.571. The third kappa shape index (κ3) is 5.88. The molecule has 0 saturated carbocycles. The normalized spacial score (nSPS) is 12.1. The van der Waals surface area contributed by atoms with Crippen LogP contribution in [0.1, 0.15) is 13.3 Å². The lowest BCUT2D eigenvalue weighted by atomic mass is 10.2. The molecule has 0 aromatic carbocycles. The summed E-state index contributed by atoms with van der Waals surface area (Å²) in [5.74, 6) is 0.857. The van der Waals surface area contributed by atoms with Gasteiger partial charge in [-0.3, -0.25) is 0 Å². The molecule has 112 valence electrons. The number of rotatable bonds is 6. The van der Waals surface area contributed by atoms with Crippen molar-refractivity contribution >= 4 is 17.5 Å². The Labute approximate surface area is 121 Å². The number of amides is 2.